The summed E-state index contributed by atoms with van der Waals surface area (Å²) in [6.45, 7) is 9.98. The lowest BCUT2D eigenvalue weighted by Gasteiger charge is -2.03. The highest BCUT2D eigenvalue weighted by atomic mass is 16.5. The van der Waals surface area contributed by atoms with Crippen molar-refractivity contribution in [2.75, 3.05) is 6.61 Å². The number of aryl methyl sites for hydroxylation is 2. The maximum absolute atomic E-state index is 11.9. The lowest BCUT2D eigenvalue weighted by molar-refractivity contribution is -0.137. The van der Waals surface area contributed by atoms with E-state index in [2.05, 4.69) is 16.0 Å². The van der Waals surface area contributed by atoms with Gasteiger partial charge in [-0.25, -0.2) is 4.79 Å². The summed E-state index contributed by atoms with van der Waals surface area (Å²) in [5, 5.41) is 0. The maximum atomic E-state index is 11.9. The highest BCUT2D eigenvalue weighted by molar-refractivity contribution is 6.22. The van der Waals surface area contributed by atoms with E-state index in [1.165, 1.54) is 5.56 Å². The number of allylic oxidation sites excluding steroid dienone is 1. The minimum absolute atomic E-state index is 0.297. The highest BCUT2D eigenvalue weighted by Gasteiger charge is 2.24. The fraction of sp³-hybridized carbons (Fsp3) is 0.375. The molecule has 1 aromatic heterocycles. The Balaban J connectivity index is 2.40. The van der Waals surface area contributed by atoms with E-state index >= 15 is 0 Å². The van der Waals surface area contributed by atoms with Crippen molar-refractivity contribution in [3.8, 4) is 0 Å². The first kappa shape index (κ1) is 14.3. The largest absolute Gasteiger partial charge is 0.462 e. The minimum atomic E-state index is -0.297. The van der Waals surface area contributed by atoms with Gasteiger partial charge in [0.2, 0.25) is 0 Å². The Morgan fingerprint density at radius 2 is 2.05 bits per heavy atom. The average molecular weight is 272 g/mol. The molecule has 1 aliphatic heterocycles. The Morgan fingerprint density at radius 3 is 2.60 bits per heavy atom. The standard InChI is InChI=1S/C16H20N2O2/c1-6-20-16(19)15-11(4)14(18-12(15)5)8-13-9(2)7-10(3)17-13/h7-8,17H,6H2,1-5H3/b14-8-. The smallest absolute Gasteiger partial charge is 0.340 e. The third-order valence-corrected chi connectivity index (χ3v) is 3.36. The second-order valence-corrected chi connectivity index (χ2v) is 5.00. The molecule has 0 unspecified atom stereocenters. The number of ether oxygens (including phenoxy) is 1. The molecule has 0 saturated heterocycles. The van der Waals surface area contributed by atoms with Crippen LogP contribution in [-0.4, -0.2) is 23.3 Å². The van der Waals surface area contributed by atoms with Gasteiger partial charge in [-0.15, -0.1) is 0 Å². The molecule has 0 bridgehead atoms. The predicted molar refractivity (Wildman–Crippen MR) is 80.7 cm³/mol. The van der Waals surface area contributed by atoms with Gasteiger partial charge in [-0.2, -0.15) is 0 Å². The van der Waals surface area contributed by atoms with Crippen LogP contribution in [-0.2, 0) is 9.53 Å². The van der Waals surface area contributed by atoms with Crippen molar-refractivity contribution in [3.63, 3.8) is 0 Å². The first-order chi connectivity index (χ1) is 9.43. The number of carbonyl (C=O) groups excluding carboxylic acids is 1. The molecule has 4 heteroatoms. The van der Waals surface area contributed by atoms with E-state index < -0.39 is 0 Å². The third-order valence-electron chi connectivity index (χ3n) is 3.36. The molecule has 0 aromatic carbocycles. The van der Waals surface area contributed by atoms with E-state index in [0.29, 0.717) is 17.9 Å². The van der Waals surface area contributed by atoms with Gasteiger partial charge in [0.05, 0.1) is 23.6 Å². The van der Waals surface area contributed by atoms with E-state index in [0.717, 1.165) is 22.7 Å². The van der Waals surface area contributed by atoms with Crippen LogP contribution in [0.2, 0.25) is 0 Å². The molecule has 0 spiro atoms. The number of aromatic nitrogens is 1. The van der Waals surface area contributed by atoms with Gasteiger partial charge >= 0.3 is 5.97 Å². The van der Waals surface area contributed by atoms with Crippen LogP contribution in [0.3, 0.4) is 0 Å². The Bertz CT molecular complexity index is 645. The number of nitrogens with zero attached hydrogens (tertiary/aromatic N) is 1. The number of esters is 1. The van der Waals surface area contributed by atoms with Crippen LogP contribution in [0.5, 0.6) is 0 Å². The third kappa shape index (κ3) is 2.59. The summed E-state index contributed by atoms with van der Waals surface area (Å²) < 4.78 is 5.08. The van der Waals surface area contributed by atoms with Gasteiger partial charge in [0, 0.05) is 11.4 Å². The Labute approximate surface area is 119 Å². The van der Waals surface area contributed by atoms with Crippen molar-refractivity contribution in [1.82, 2.24) is 4.98 Å². The first-order valence-corrected chi connectivity index (χ1v) is 6.76. The average Bonchev–Trinajstić information content (AvgIpc) is 2.81. The number of hydrogen-bond acceptors (Lipinski definition) is 3. The van der Waals surface area contributed by atoms with Crippen molar-refractivity contribution in [1.29, 1.82) is 0 Å². The fourth-order valence-corrected chi connectivity index (χ4v) is 2.40. The summed E-state index contributed by atoms with van der Waals surface area (Å²) in [6.07, 6.45) is 1.98. The molecule has 2 heterocycles. The second kappa shape index (κ2) is 5.49. The summed E-state index contributed by atoms with van der Waals surface area (Å²) >= 11 is 0. The van der Waals surface area contributed by atoms with Crippen LogP contribution in [0.15, 0.2) is 27.9 Å². The first-order valence-electron chi connectivity index (χ1n) is 6.76. The lowest BCUT2D eigenvalue weighted by Crippen LogP contribution is -2.12. The molecule has 106 valence electrons. The molecule has 0 fully saturated rings. The van der Waals surface area contributed by atoms with Gasteiger partial charge in [-0.05, 0) is 57.9 Å². The molecule has 0 aliphatic carbocycles. The van der Waals surface area contributed by atoms with Gasteiger partial charge in [-0.1, -0.05) is 0 Å². The Morgan fingerprint density at radius 1 is 1.35 bits per heavy atom. The van der Waals surface area contributed by atoms with Gasteiger partial charge in [0.15, 0.2) is 0 Å². The summed E-state index contributed by atoms with van der Waals surface area (Å²) in [5.74, 6) is -0.297. The molecule has 0 amide bonds. The summed E-state index contributed by atoms with van der Waals surface area (Å²) in [4.78, 5) is 19.7. The zero-order chi connectivity index (χ0) is 14.9. The molecular weight excluding hydrogens is 252 g/mol. The van der Waals surface area contributed by atoms with Crippen LogP contribution in [0.4, 0.5) is 0 Å². The SMILES string of the molecule is CCOC(=O)C1=C(C)/C(=C/c2[nH]c(C)cc2C)N=C1C. The van der Waals surface area contributed by atoms with Crippen molar-refractivity contribution >= 4 is 17.8 Å². The van der Waals surface area contributed by atoms with Crippen LogP contribution >= 0.6 is 0 Å². The van der Waals surface area contributed by atoms with E-state index in [1.807, 2.05) is 33.8 Å². The van der Waals surface area contributed by atoms with E-state index in [4.69, 9.17) is 4.74 Å². The normalized spacial score (nSPS) is 16.9. The van der Waals surface area contributed by atoms with Gasteiger partial charge in [0.25, 0.3) is 0 Å². The number of carbonyl (C=O) groups is 1. The number of nitrogens with one attached hydrogen (secondary N) is 1. The van der Waals surface area contributed by atoms with Gasteiger partial charge in [-0.3, -0.25) is 4.99 Å². The number of hydrogen-bond donors (Lipinski definition) is 1. The topological polar surface area (TPSA) is 54.5 Å². The zero-order valence-corrected chi connectivity index (χ0v) is 12.6. The molecule has 1 aromatic rings. The molecule has 0 atom stereocenters. The molecule has 1 N–H and O–H groups in total. The van der Waals surface area contributed by atoms with E-state index in [-0.39, 0.29) is 5.97 Å². The molecule has 0 radical (unpaired) electrons. The highest BCUT2D eigenvalue weighted by Crippen LogP contribution is 2.28. The lowest BCUT2D eigenvalue weighted by atomic mass is 10.1. The summed E-state index contributed by atoms with van der Waals surface area (Å²) in [7, 11) is 0. The van der Waals surface area contributed by atoms with Crippen molar-refractivity contribution in [2.24, 2.45) is 4.99 Å². The quantitative estimate of drug-likeness (QED) is 0.858. The number of H-pyrrole nitrogens is 1. The number of aliphatic imine (C=N–C) groups is 1. The Hall–Kier alpha value is -2.10. The van der Waals surface area contributed by atoms with Crippen molar-refractivity contribution in [3.05, 3.63) is 39.9 Å². The van der Waals surface area contributed by atoms with E-state index in [9.17, 15) is 4.79 Å². The van der Waals surface area contributed by atoms with Crippen molar-refractivity contribution in [2.45, 2.75) is 34.6 Å². The predicted octanol–water partition coefficient (Wildman–Crippen LogP) is 3.33. The van der Waals surface area contributed by atoms with Crippen LogP contribution in [0.25, 0.3) is 6.08 Å². The van der Waals surface area contributed by atoms with Crippen LogP contribution < -0.4 is 0 Å². The minimum Gasteiger partial charge on any atom is -0.462 e. The van der Waals surface area contributed by atoms with Gasteiger partial charge in [0.1, 0.15) is 0 Å². The summed E-state index contributed by atoms with van der Waals surface area (Å²) in [6, 6.07) is 2.09. The summed E-state index contributed by atoms with van der Waals surface area (Å²) in [5.41, 5.74) is 6.29. The molecule has 1 aliphatic rings. The number of rotatable bonds is 3. The molecule has 20 heavy (non-hydrogen) atoms. The molecule has 0 saturated carbocycles. The van der Waals surface area contributed by atoms with Crippen LogP contribution in [0.1, 0.15) is 37.7 Å². The van der Waals surface area contributed by atoms with Gasteiger partial charge < -0.3 is 9.72 Å². The van der Waals surface area contributed by atoms with E-state index in [1.54, 1.807) is 6.92 Å². The molecular formula is C16H20N2O2. The fourth-order valence-electron chi connectivity index (χ4n) is 2.40. The Kier molecular flexibility index (Phi) is 3.93. The van der Waals surface area contributed by atoms with Crippen molar-refractivity contribution < 1.29 is 9.53 Å². The maximum Gasteiger partial charge on any atom is 0.340 e. The molecule has 4 nitrogen and oxygen atoms in total. The van der Waals surface area contributed by atoms with Crippen LogP contribution in [0, 0.1) is 13.8 Å². The molecule has 2 rings (SSSR count). The monoisotopic (exact) mass is 272 g/mol. The second-order valence-electron chi connectivity index (χ2n) is 5.00. The number of aromatic amines is 1. The zero-order valence-electron chi connectivity index (χ0n) is 12.6.